The first kappa shape index (κ1) is 21.6. The van der Waals surface area contributed by atoms with Gasteiger partial charge >= 0.3 is 0 Å². The minimum Gasteiger partial charge on any atom is -1.00 e. The zero-order valence-corrected chi connectivity index (χ0v) is 17.8. The van der Waals surface area contributed by atoms with E-state index in [1.54, 1.807) is 12.7 Å². The Kier molecular flexibility index (Phi) is 8.29. The number of halogens is 1. The predicted octanol–water partition coefficient (Wildman–Crippen LogP) is 1.38. The van der Waals surface area contributed by atoms with Crippen molar-refractivity contribution in [3.05, 3.63) is 29.3 Å². The Morgan fingerprint density at radius 3 is 2.77 bits per heavy atom. The number of fused-ring (bicyclic) bond motifs is 1. The molecule has 0 spiro atoms. The lowest BCUT2D eigenvalue weighted by Crippen LogP contribution is -3.14. The molecule has 2 unspecified atom stereocenters. The summed E-state index contributed by atoms with van der Waals surface area (Å²) in [5.41, 5.74) is 3.71. The number of methoxy groups -OCH3 is 1. The second-order valence-electron chi connectivity index (χ2n) is 9.20. The van der Waals surface area contributed by atoms with Gasteiger partial charge in [-0.3, -0.25) is 0 Å². The highest BCUT2D eigenvalue weighted by Crippen LogP contribution is 2.36. The van der Waals surface area contributed by atoms with Crippen molar-refractivity contribution < 1.29 is 22.0 Å². The van der Waals surface area contributed by atoms with Gasteiger partial charge in [0, 0.05) is 5.41 Å². The predicted molar refractivity (Wildman–Crippen MR) is 106 cm³/mol. The third kappa shape index (κ3) is 5.89. The molecular formula is C23H38ClNO. The monoisotopic (exact) mass is 379 g/mol. The Morgan fingerprint density at radius 1 is 1.15 bits per heavy atom. The molecule has 0 aromatic heterocycles. The molecule has 1 aliphatic carbocycles. The molecule has 3 heteroatoms. The fourth-order valence-electron chi connectivity index (χ4n) is 5.14. The molecule has 0 amide bonds. The number of hydrogen-bond acceptors (Lipinski definition) is 1. The largest absolute Gasteiger partial charge is 1.00 e. The maximum atomic E-state index is 5.40. The molecule has 3 rings (SSSR count). The van der Waals surface area contributed by atoms with Crippen LogP contribution < -0.4 is 22.0 Å². The number of rotatable bonds is 7. The van der Waals surface area contributed by atoms with Crippen molar-refractivity contribution in [2.45, 2.75) is 77.6 Å². The van der Waals surface area contributed by atoms with Crippen LogP contribution in [0.4, 0.5) is 0 Å². The van der Waals surface area contributed by atoms with E-state index in [9.17, 15) is 0 Å². The van der Waals surface area contributed by atoms with Crippen LogP contribution in [0, 0.1) is 5.41 Å². The third-order valence-electron chi connectivity index (χ3n) is 6.48. The highest BCUT2D eigenvalue weighted by Gasteiger charge is 2.29. The fourth-order valence-corrected chi connectivity index (χ4v) is 5.14. The average molecular weight is 380 g/mol. The molecule has 2 atom stereocenters. The van der Waals surface area contributed by atoms with Crippen LogP contribution in [-0.4, -0.2) is 26.7 Å². The van der Waals surface area contributed by atoms with Gasteiger partial charge in [-0.15, -0.1) is 0 Å². The molecule has 2 aliphatic rings. The van der Waals surface area contributed by atoms with Crippen molar-refractivity contribution in [3.63, 3.8) is 0 Å². The van der Waals surface area contributed by atoms with Crippen molar-refractivity contribution in [2.75, 3.05) is 26.7 Å². The van der Waals surface area contributed by atoms with Gasteiger partial charge in [0.15, 0.2) is 0 Å². The highest BCUT2D eigenvalue weighted by molar-refractivity contribution is 5.39. The molecule has 1 aliphatic heterocycles. The molecular weight excluding hydrogens is 342 g/mol. The molecule has 148 valence electrons. The number of benzene rings is 1. The molecule has 1 aromatic carbocycles. The first-order chi connectivity index (χ1) is 12.1. The summed E-state index contributed by atoms with van der Waals surface area (Å²) in [4.78, 5) is 1.85. The van der Waals surface area contributed by atoms with Crippen LogP contribution >= 0.6 is 0 Å². The topological polar surface area (TPSA) is 13.7 Å². The van der Waals surface area contributed by atoms with Gasteiger partial charge in [0.05, 0.1) is 26.7 Å². The fraction of sp³-hybridized carbons (Fsp3) is 0.739. The quantitative estimate of drug-likeness (QED) is 0.707. The number of piperidine rings is 1. The summed E-state index contributed by atoms with van der Waals surface area (Å²) in [6, 6.07) is 6.75. The SMILES string of the molecule is COc1ccc2c(c1)CCCC2CCCCC[NH+]1CCCC(C)(C)C1.[Cl-]. The number of hydrogen-bond donors (Lipinski definition) is 1. The summed E-state index contributed by atoms with van der Waals surface area (Å²) in [5.74, 6) is 1.81. The highest BCUT2D eigenvalue weighted by atomic mass is 35.5. The molecule has 1 fully saturated rings. The van der Waals surface area contributed by atoms with Crippen molar-refractivity contribution in [1.82, 2.24) is 0 Å². The molecule has 0 saturated carbocycles. The van der Waals surface area contributed by atoms with Crippen LogP contribution in [0.1, 0.15) is 82.3 Å². The Morgan fingerprint density at radius 2 is 2.00 bits per heavy atom. The van der Waals surface area contributed by atoms with Crippen LogP contribution in [0.3, 0.4) is 0 Å². The number of ether oxygens (including phenoxy) is 1. The lowest BCUT2D eigenvalue weighted by atomic mass is 9.80. The average Bonchev–Trinajstić information content (AvgIpc) is 2.60. The second-order valence-corrected chi connectivity index (χ2v) is 9.20. The first-order valence-corrected chi connectivity index (χ1v) is 10.6. The van der Waals surface area contributed by atoms with Crippen LogP contribution in [0.5, 0.6) is 5.75 Å². The minimum absolute atomic E-state index is 0. The number of unbranched alkanes of at least 4 members (excludes halogenated alkanes) is 2. The summed E-state index contributed by atoms with van der Waals surface area (Å²) in [6.07, 6.45) is 12.4. The van der Waals surface area contributed by atoms with Crippen LogP contribution in [0.2, 0.25) is 0 Å². The maximum Gasteiger partial charge on any atom is 0.119 e. The Bertz CT molecular complexity index is 557. The molecule has 1 aromatic rings. The van der Waals surface area contributed by atoms with E-state index in [1.807, 2.05) is 4.90 Å². The molecule has 1 saturated heterocycles. The van der Waals surface area contributed by atoms with Gasteiger partial charge in [0.2, 0.25) is 0 Å². The van der Waals surface area contributed by atoms with Gasteiger partial charge in [-0.2, -0.15) is 0 Å². The van der Waals surface area contributed by atoms with Crippen molar-refractivity contribution in [2.24, 2.45) is 5.41 Å². The van der Waals surface area contributed by atoms with Gasteiger partial charge in [0.25, 0.3) is 0 Å². The van der Waals surface area contributed by atoms with E-state index < -0.39 is 0 Å². The summed E-state index contributed by atoms with van der Waals surface area (Å²) >= 11 is 0. The van der Waals surface area contributed by atoms with E-state index in [1.165, 1.54) is 83.0 Å². The van der Waals surface area contributed by atoms with Crippen molar-refractivity contribution in [1.29, 1.82) is 0 Å². The molecule has 26 heavy (non-hydrogen) atoms. The van der Waals surface area contributed by atoms with E-state index in [0.717, 1.165) is 11.7 Å². The van der Waals surface area contributed by atoms with Gasteiger partial charge in [-0.1, -0.05) is 26.3 Å². The van der Waals surface area contributed by atoms with E-state index in [4.69, 9.17) is 4.74 Å². The number of quaternary nitrogens is 1. The van der Waals surface area contributed by atoms with Crippen molar-refractivity contribution in [3.8, 4) is 5.75 Å². The zero-order valence-electron chi connectivity index (χ0n) is 17.1. The number of nitrogens with one attached hydrogen (secondary N) is 1. The summed E-state index contributed by atoms with van der Waals surface area (Å²) in [5, 5.41) is 0. The minimum atomic E-state index is 0. The summed E-state index contributed by atoms with van der Waals surface area (Å²) < 4.78 is 5.40. The number of likely N-dealkylation sites (tertiary alicyclic amines) is 1. The van der Waals surface area contributed by atoms with E-state index in [-0.39, 0.29) is 12.4 Å². The van der Waals surface area contributed by atoms with Gasteiger partial charge in [0.1, 0.15) is 5.75 Å². The third-order valence-corrected chi connectivity index (χ3v) is 6.48. The number of aryl methyl sites for hydroxylation is 1. The van der Waals surface area contributed by atoms with Crippen LogP contribution in [0.25, 0.3) is 0 Å². The Hall–Kier alpha value is -0.730. The van der Waals surface area contributed by atoms with E-state index in [0.29, 0.717) is 5.41 Å². The lowest BCUT2D eigenvalue weighted by molar-refractivity contribution is -0.912. The smallest absolute Gasteiger partial charge is 0.119 e. The molecule has 0 bridgehead atoms. The lowest BCUT2D eigenvalue weighted by Gasteiger charge is -2.35. The molecule has 0 radical (unpaired) electrons. The molecule has 1 N–H and O–H groups in total. The Balaban J connectivity index is 0.00000243. The van der Waals surface area contributed by atoms with Crippen molar-refractivity contribution >= 4 is 0 Å². The first-order valence-electron chi connectivity index (χ1n) is 10.6. The van der Waals surface area contributed by atoms with Gasteiger partial charge in [-0.05, 0) is 80.5 Å². The molecule has 2 nitrogen and oxygen atoms in total. The van der Waals surface area contributed by atoms with Crippen LogP contribution in [0.15, 0.2) is 18.2 Å². The van der Waals surface area contributed by atoms with E-state index >= 15 is 0 Å². The summed E-state index contributed by atoms with van der Waals surface area (Å²) in [6.45, 7) is 9.07. The van der Waals surface area contributed by atoms with E-state index in [2.05, 4.69) is 32.0 Å². The second kappa shape index (κ2) is 9.99. The zero-order chi connectivity index (χ0) is 17.7. The summed E-state index contributed by atoms with van der Waals surface area (Å²) in [7, 11) is 1.77. The maximum absolute atomic E-state index is 5.40. The Labute approximate surface area is 167 Å². The standard InChI is InChI=1S/C23H37NO.ClH/c1-23(2)14-8-16-24(18-23)15-6-4-5-9-19-10-7-11-20-17-21(25-3)12-13-22(19)20;/h12-13,17,19H,4-11,14-16,18H2,1-3H3;1H. The normalized spacial score (nSPS) is 24.4. The molecule has 1 heterocycles. The van der Waals surface area contributed by atoms with Crippen LogP contribution in [-0.2, 0) is 6.42 Å². The van der Waals surface area contributed by atoms with Gasteiger partial charge < -0.3 is 22.0 Å². The van der Waals surface area contributed by atoms with Gasteiger partial charge in [-0.25, -0.2) is 0 Å².